The summed E-state index contributed by atoms with van der Waals surface area (Å²) >= 11 is 7.62. The maximum Gasteiger partial charge on any atom is 0.152 e. The van der Waals surface area contributed by atoms with E-state index in [1.165, 1.54) is 24.1 Å². The minimum absolute atomic E-state index is 0.147. The molecule has 2 heterocycles. The van der Waals surface area contributed by atoms with E-state index in [2.05, 4.69) is 26.1 Å². The van der Waals surface area contributed by atoms with E-state index in [1.54, 1.807) is 24.5 Å². The third-order valence-corrected chi connectivity index (χ3v) is 5.83. The SMILES string of the molecule is CSNc1cc(-c2ccc3ncc(C#N)c(NC(C)c4ccc(F)cc4)c3c2)cnc1Cl. The zero-order valence-corrected chi connectivity index (χ0v) is 18.9. The molecule has 4 aromatic rings. The molecule has 0 radical (unpaired) electrons. The van der Waals surface area contributed by atoms with E-state index in [9.17, 15) is 9.65 Å². The standard InChI is InChI=1S/C24H19ClFN5S/c1-14(15-3-6-19(26)7-4-15)30-23-18(11-27)13-28-21-8-5-16(9-20(21)23)17-10-22(31-32-2)24(25)29-12-17/h3-10,12-14,31H,1-2H3,(H,28,30). The Kier molecular flexibility index (Phi) is 6.45. The number of aromatic nitrogens is 2. The van der Waals surface area contributed by atoms with Gasteiger partial charge in [-0.2, -0.15) is 5.26 Å². The lowest BCUT2D eigenvalue weighted by Gasteiger charge is -2.19. The topological polar surface area (TPSA) is 73.6 Å². The molecule has 1 unspecified atom stereocenters. The van der Waals surface area contributed by atoms with Crippen molar-refractivity contribution in [2.45, 2.75) is 13.0 Å². The molecule has 160 valence electrons. The molecule has 0 saturated heterocycles. The van der Waals surface area contributed by atoms with Crippen molar-refractivity contribution in [1.82, 2.24) is 9.97 Å². The molecule has 1 atom stereocenters. The van der Waals surface area contributed by atoms with Crippen LogP contribution in [-0.2, 0) is 0 Å². The van der Waals surface area contributed by atoms with Gasteiger partial charge < -0.3 is 10.0 Å². The molecule has 8 heteroatoms. The maximum absolute atomic E-state index is 13.3. The predicted octanol–water partition coefficient (Wildman–Crippen LogP) is 6.82. The lowest BCUT2D eigenvalue weighted by Crippen LogP contribution is -2.09. The van der Waals surface area contributed by atoms with Crippen molar-refractivity contribution in [3.05, 3.63) is 83.0 Å². The highest BCUT2D eigenvalue weighted by molar-refractivity contribution is 7.99. The quantitative estimate of drug-likeness (QED) is 0.241. The van der Waals surface area contributed by atoms with Crippen molar-refractivity contribution in [2.75, 3.05) is 16.3 Å². The molecule has 4 rings (SSSR count). The highest BCUT2D eigenvalue weighted by atomic mass is 35.5. The Morgan fingerprint density at radius 3 is 2.56 bits per heavy atom. The van der Waals surface area contributed by atoms with Gasteiger partial charge in [0.2, 0.25) is 0 Å². The van der Waals surface area contributed by atoms with Crippen LogP contribution in [0.3, 0.4) is 0 Å². The van der Waals surface area contributed by atoms with Crippen LogP contribution < -0.4 is 10.0 Å². The van der Waals surface area contributed by atoms with Crippen LogP contribution in [0.4, 0.5) is 15.8 Å². The number of hydrogen-bond acceptors (Lipinski definition) is 6. The normalized spacial score (nSPS) is 11.7. The van der Waals surface area contributed by atoms with Gasteiger partial charge in [-0.1, -0.05) is 41.7 Å². The summed E-state index contributed by atoms with van der Waals surface area (Å²) in [6, 6.07) is 16.2. The minimum atomic E-state index is -0.287. The summed E-state index contributed by atoms with van der Waals surface area (Å²) < 4.78 is 16.4. The van der Waals surface area contributed by atoms with Crippen molar-refractivity contribution >= 4 is 45.8 Å². The molecule has 0 aliphatic rings. The van der Waals surface area contributed by atoms with Crippen LogP contribution in [0.1, 0.15) is 24.1 Å². The fourth-order valence-corrected chi connectivity index (χ4v) is 4.03. The first-order valence-electron chi connectivity index (χ1n) is 9.80. The monoisotopic (exact) mass is 463 g/mol. The van der Waals surface area contributed by atoms with Crippen molar-refractivity contribution in [2.24, 2.45) is 0 Å². The second-order valence-corrected chi connectivity index (χ2v) is 8.15. The molecule has 5 nitrogen and oxygen atoms in total. The molecular weight excluding hydrogens is 445 g/mol. The number of hydrogen-bond donors (Lipinski definition) is 2. The lowest BCUT2D eigenvalue weighted by atomic mass is 10.0. The van der Waals surface area contributed by atoms with Gasteiger partial charge >= 0.3 is 0 Å². The number of rotatable bonds is 6. The fraction of sp³-hybridized carbons (Fsp3) is 0.125. The molecule has 0 amide bonds. The Labute approximate surface area is 194 Å². The van der Waals surface area contributed by atoms with Gasteiger partial charge in [0.15, 0.2) is 5.15 Å². The predicted molar refractivity (Wildman–Crippen MR) is 130 cm³/mol. The molecule has 0 aliphatic heterocycles. The summed E-state index contributed by atoms with van der Waals surface area (Å²) in [5, 5.41) is 14.3. The summed E-state index contributed by atoms with van der Waals surface area (Å²) in [6.45, 7) is 1.97. The molecule has 32 heavy (non-hydrogen) atoms. The van der Waals surface area contributed by atoms with Gasteiger partial charge in [0.1, 0.15) is 11.9 Å². The summed E-state index contributed by atoms with van der Waals surface area (Å²) in [7, 11) is 0. The Bertz CT molecular complexity index is 1320. The molecule has 2 aromatic heterocycles. The Balaban J connectivity index is 1.79. The van der Waals surface area contributed by atoms with Crippen LogP contribution in [-0.4, -0.2) is 16.2 Å². The van der Waals surface area contributed by atoms with Gasteiger partial charge in [0.25, 0.3) is 0 Å². The summed E-state index contributed by atoms with van der Waals surface area (Å²) in [5.41, 5.74) is 5.30. The third kappa shape index (κ3) is 4.47. The van der Waals surface area contributed by atoms with Crippen molar-refractivity contribution in [1.29, 1.82) is 5.26 Å². The van der Waals surface area contributed by atoms with Gasteiger partial charge in [0, 0.05) is 35.6 Å². The Morgan fingerprint density at radius 2 is 1.84 bits per heavy atom. The van der Waals surface area contributed by atoms with E-state index in [4.69, 9.17) is 11.6 Å². The van der Waals surface area contributed by atoms with E-state index >= 15 is 0 Å². The highest BCUT2D eigenvalue weighted by Crippen LogP contribution is 2.34. The van der Waals surface area contributed by atoms with Gasteiger partial charge in [-0.05, 0) is 48.4 Å². The Morgan fingerprint density at radius 1 is 1.06 bits per heavy atom. The number of benzene rings is 2. The van der Waals surface area contributed by atoms with Crippen molar-refractivity contribution in [3.63, 3.8) is 0 Å². The van der Waals surface area contributed by atoms with Crippen LogP contribution in [0.2, 0.25) is 5.15 Å². The van der Waals surface area contributed by atoms with E-state index < -0.39 is 0 Å². The zero-order chi connectivity index (χ0) is 22.7. The first-order chi connectivity index (χ1) is 15.5. The summed E-state index contributed by atoms with van der Waals surface area (Å²) in [6.07, 6.45) is 5.19. The number of pyridine rings is 2. The average molecular weight is 464 g/mol. The van der Waals surface area contributed by atoms with Gasteiger partial charge in [-0.25, -0.2) is 9.37 Å². The fourth-order valence-electron chi connectivity index (χ4n) is 3.45. The molecule has 0 aliphatic carbocycles. The number of nitrogens with one attached hydrogen (secondary N) is 2. The van der Waals surface area contributed by atoms with Crippen LogP contribution in [0.15, 0.2) is 60.9 Å². The molecule has 0 fully saturated rings. The van der Waals surface area contributed by atoms with E-state index in [0.29, 0.717) is 16.4 Å². The smallest absolute Gasteiger partial charge is 0.152 e. The second-order valence-electron chi connectivity index (χ2n) is 7.18. The first-order valence-corrected chi connectivity index (χ1v) is 11.4. The van der Waals surface area contributed by atoms with Gasteiger partial charge in [-0.3, -0.25) is 4.98 Å². The lowest BCUT2D eigenvalue weighted by molar-refractivity contribution is 0.626. The van der Waals surface area contributed by atoms with Gasteiger partial charge in [0.05, 0.1) is 22.5 Å². The largest absolute Gasteiger partial charge is 0.377 e. The van der Waals surface area contributed by atoms with Crippen molar-refractivity contribution < 1.29 is 4.39 Å². The summed E-state index contributed by atoms with van der Waals surface area (Å²) in [4.78, 5) is 8.72. The Hall–Kier alpha value is -3.34. The van der Waals surface area contributed by atoms with E-state index in [0.717, 1.165) is 33.3 Å². The number of nitrogens with zero attached hydrogens (tertiary/aromatic N) is 3. The van der Waals surface area contributed by atoms with E-state index in [-0.39, 0.29) is 11.9 Å². The molecule has 0 bridgehead atoms. The van der Waals surface area contributed by atoms with Gasteiger partial charge in [-0.15, -0.1) is 0 Å². The van der Waals surface area contributed by atoms with Crippen LogP contribution in [0.5, 0.6) is 0 Å². The third-order valence-electron chi connectivity index (χ3n) is 5.10. The number of halogens is 2. The number of anilines is 2. The number of nitriles is 1. The van der Waals surface area contributed by atoms with Crippen LogP contribution in [0, 0.1) is 17.1 Å². The number of fused-ring (bicyclic) bond motifs is 1. The summed E-state index contributed by atoms with van der Waals surface area (Å²) in [5.74, 6) is -0.287. The second kappa shape index (κ2) is 9.43. The highest BCUT2D eigenvalue weighted by Gasteiger charge is 2.15. The van der Waals surface area contributed by atoms with Crippen LogP contribution in [0.25, 0.3) is 22.0 Å². The van der Waals surface area contributed by atoms with Crippen molar-refractivity contribution in [3.8, 4) is 17.2 Å². The van der Waals surface area contributed by atoms with E-state index in [1.807, 2.05) is 37.4 Å². The molecular formula is C24H19ClFN5S. The molecule has 0 saturated carbocycles. The average Bonchev–Trinajstić information content (AvgIpc) is 2.81. The molecule has 0 spiro atoms. The van der Waals surface area contributed by atoms with Crippen LogP contribution >= 0.6 is 23.5 Å². The minimum Gasteiger partial charge on any atom is -0.377 e. The first kappa shape index (κ1) is 21.9. The molecule has 2 N–H and O–H groups in total. The molecule has 2 aromatic carbocycles. The maximum atomic E-state index is 13.3. The zero-order valence-electron chi connectivity index (χ0n) is 17.4.